The third-order valence-electron chi connectivity index (χ3n) is 10.3. The molecule has 0 saturated heterocycles. The van der Waals surface area contributed by atoms with Gasteiger partial charge >= 0.3 is 0 Å². The van der Waals surface area contributed by atoms with E-state index in [0.717, 1.165) is 33.4 Å². The lowest BCUT2D eigenvalue weighted by Crippen LogP contribution is -2.30. The zero-order valence-electron chi connectivity index (χ0n) is 27.3. The molecule has 2 atom stereocenters. The van der Waals surface area contributed by atoms with Crippen LogP contribution >= 0.6 is 11.3 Å². The summed E-state index contributed by atoms with van der Waals surface area (Å²) in [6.07, 6.45) is 4.45. The van der Waals surface area contributed by atoms with Gasteiger partial charge in [-0.15, -0.1) is 11.3 Å². The second kappa shape index (κ2) is 11.1. The third-order valence-corrected chi connectivity index (χ3v) is 11.4. The summed E-state index contributed by atoms with van der Waals surface area (Å²) in [5, 5.41) is 3.43. The minimum atomic E-state index is 0.0598. The smallest absolute Gasteiger partial charge is 0.164 e. The lowest BCUT2D eigenvalue weighted by Gasteiger charge is -2.30. The van der Waals surface area contributed by atoms with Crippen LogP contribution in [0.2, 0.25) is 0 Å². The van der Waals surface area contributed by atoms with Gasteiger partial charge in [0.05, 0.1) is 6.04 Å². The molecule has 0 bridgehead atoms. The highest BCUT2D eigenvalue weighted by Gasteiger charge is 2.43. The zero-order chi connectivity index (χ0) is 33.5. The van der Waals surface area contributed by atoms with Gasteiger partial charge in [-0.25, -0.2) is 15.0 Å². The monoisotopic (exact) mass is 672 g/mol. The molecule has 0 N–H and O–H groups in total. The number of hydrogen-bond donors (Lipinski definition) is 0. The highest BCUT2D eigenvalue weighted by atomic mass is 32.1. The largest absolute Gasteiger partial charge is 0.456 e. The molecule has 0 amide bonds. The van der Waals surface area contributed by atoms with Gasteiger partial charge in [-0.3, -0.25) is 0 Å². The maximum absolute atomic E-state index is 6.67. The lowest BCUT2D eigenvalue weighted by molar-refractivity contribution is 0.584. The predicted octanol–water partition coefficient (Wildman–Crippen LogP) is 11.7. The fourth-order valence-corrected chi connectivity index (χ4v) is 9.31. The Morgan fingerprint density at radius 1 is 0.569 bits per heavy atom. The average molecular weight is 673 g/mol. The van der Waals surface area contributed by atoms with Crippen LogP contribution in [-0.2, 0) is 0 Å². The summed E-state index contributed by atoms with van der Waals surface area (Å²) in [5.41, 5.74) is 8.55. The molecule has 4 heterocycles. The first-order valence-corrected chi connectivity index (χ1v) is 18.0. The van der Waals surface area contributed by atoms with Crippen molar-refractivity contribution >= 4 is 59.9 Å². The van der Waals surface area contributed by atoms with E-state index in [1.165, 1.54) is 42.7 Å². The van der Waals surface area contributed by atoms with E-state index in [9.17, 15) is 0 Å². The quantitative estimate of drug-likeness (QED) is 0.186. The van der Waals surface area contributed by atoms with Crippen LogP contribution in [0.1, 0.15) is 22.8 Å². The van der Waals surface area contributed by atoms with Crippen molar-refractivity contribution in [1.29, 1.82) is 0 Å². The molecule has 51 heavy (non-hydrogen) atoms. The fourth-order valence-electron chi connectivity index (χ4n) is 8.18. The maximum atomic E-state index is 6.67. The maximum Gasteiger partial charge on any atom is 0.164 e. The summed E-state index contributed by atoms with van der Waals surface area (Å²) in [7, 11) is 0. The van der Waals surface area contributed by atoms with Gasteiger partial charge in [-0.1, -0.05) is 115 Å². The number of furan rings is 1. The molecule has 11 rings (SSSR count). The molecule has 6 aromatic carbocycles. The second-order valence-electron chi connectivity index (χ2n) is 13.1. The van der Waals surface area contributed by atoms with Gasteiger partial charge in [-0.2, -0.15) is 0 Å². The van der Waals surface area contributed by atoms with Crippen molar-refractivity contribution in [2.75, 3.05) is 4.90 Å². The Hall–Kier alpha value is -6.37. The Labute approximate surface area is 297 Å². The molecule has 6 heteroatoms. The fraction of sp³-hybridized carbons (Fsp3) is 0.0444. The first-order chi connectivity index (χ1) is 25.3. The van der Waals surface area contributed by atoms with Gasteiger partial charge in [0.25, 0.3) is 0 Å². The molecule has 3 aromatic heterocycles. The number of thiophene rings is 1. The van der Waals surface area contributed by atoms with Crippen LogP contribution in [0.15, 0.2) is 156 Å². The molecular formula is C45H28N4OS. The summed E-state index contributed by atoms with van der Waals surface area (Å²) in [4.78, 5) is 18.1. The topological polar surface area (TPSA) is 55.1 Å². The van der Waals surface area contributed by atoms with Crippen molar-refractivity contribution in [3.05, 3.63) is 169 Å². The van der Waals surface area contributed by atoms with Crippen molar-refractivity contribution < 1.29 is 4.42 Å². The number of para-hydroxylation sites is 2. The second-order valence-corrected chi connectivity index (χ2v) is 14.2. The Kier molecular flexibility index (Phi) is 6.18. The normalized spacial score (nSPS) is 16.1. The first kappa shape index (κ1) is 28.5. The van der Waals surface area contributed by atoms with E-state index in [1.807, 2.05) is 24.3 Å². The van der Waals surface area contributed by atoms with E-state index >= 15 is 0 Å². The van der Waals surface area contributed by atoms with Crippen LogP contribution in [0.5, 0.6) is 0 Å². The minimum Gasteiger partial charge on any atom is -0.456 e. The summed E-state index contributed by atoms with van der Waals surface area (Å²) in [6, 6.07) is 51.0. The number of benzene rings is 6. The first-order valence-electron chi connectivity index (χ1n) is 17.2. The Morgan fingerprint density at radius 3 is 2.08 bits per heavy atom. The Bertz CT molecular complexity index is 2840. The Morgan fingerprint density at radius 2 is 1.24 bits per heavy atom. The highest BCUT2D eigenvalue weighted by Crippen LogP contribution is 2.54. The number of hydrogen-bond acceptors (Lipinski definition) is 6. The van der Waals surface area contributed by atoms with Crippen LogP contribution in [0.25, 0.3) is 71.4 Å². The zero-order valence-corrected chi connectivity index (χ0v) is 28.1. The molecule has 2 aliphatic rings. The molecule has 240 valence electrons. The lowest BCUT2D eigenvalue weighted by atomic mass is 9.82. The Balaban J connectivity index is 1.16. The van der Waals surface area contributed by atoms with Gasteiger partial charge in [0.1, 0.15) is 11.3 Å². The van der Waals surface area contributed by atoms with Gasteiger partial charge in [0.15, 0.2) is 17.5 Å². The van der Waals surface area contributed by atoms with E-state index < -0.39 is 0 Å². The van der Waals surface area contributed by atoms with Crippen LogP contribution in [-0.4, -0.2) is 21.0 Å². The van der Waals surface area contributed by atoms with Gasteiger partial charge in [0.2, 0.25) is 0 Å². The molecule has 1 aliphatic carbocycles. The van der Waals surface area contributed by atoms with Crippen molar-refractivity contribution in [3.63, 3.8) is 0 Å². The molecule has 0 spiro atoms. The SMILES string of the molecule is C1=CC2C(c3ccccc3N2c2ccccc2)c2c1oc1cccc(-c3nc(-c4ccccc4)nc(-c4cccc5sc6ccccc6c45)n3)c21. The minimum absolute atomic E-state index is 0.0598. The molecular weight excluding hydrogens is 645 g/mol. The summed E-state index contributed by atoms with van der Waals surface area (Å²) in [6.45, 7) is 0. The molecule has 2 unspecified atom stereocenters. The van der Waals surface area contributed by atoms with Crippen molar-refractivity contribution in [2.45, 2.75) is 12.0 Å². The number of anilines is 2. The summed E-state index contributed by atoms with van der Waals surface area (Å²) in [5.74, 6) is 2.87. The number of nitrogens with zero attached hydrogens (tertiary/aromatic N) is 4. The third kappa shape index (κ3) is 4.30. The van der Waals surface area contributed by atoms with E-state index in [2.05, 4.69) is 138 Å². The number of rotatable bonds is 4. The molecule has 1 aliphatic heterocycles. The van der Waals surface area contributed by atoms with Crippen LogP contribution in [0.3, 0.4) is 0 Å². The van der Waals surface area contributed by atoms with E-state index in [1.54, 1.807) is 11.3 Å². The van der Waals surface area contributed by atoms with Gasteiger partial charge in [0, 0.05) is 65.1 Å². The van der Waals surface area contributed by atoms with Crippen molar-refractivity contribution in [1.82, 2.24) is 15.0 Å². The molecule has 5 nitrogen and oxygen atoms in total. The molecule has 0 radical (unpaired) electrons. The highest BCUT2D eigenvalue weighted by molar-refractivity contribution is 7.25. The van der Waals surface area contributed by atoms with Gasteiger partial charge in [-0.05, 0) is 48.0 Å². The standard InChI is InChI=1S/C45H28N4OS/c1-3-13-27(14-4-1)43-46-44(31-20-12-24-38-39(31)30-18-8-10-23-37(30)51-38)48-45(47-43)32-19-11-22-35-41(32)42-36(50-35)26-25-34-40(42)29-17-7-9-21-33(29)49(34)28-15-5-2-6-16-28/h1-26,34,40H. The number of aromatic nitrogens is 3. The van der Waals surface area contributed by atoms with Crippen molar-refractivity contribution in [2.24, 2.45) is 0 Å². The van der Waals surface area contributed by atoms with Crippen LogP contribution < -0.4 is 4.90 Å². The predicted molar refractivity (Wildman–Crippen MR) is 208 cm³/mol. The summed E-state index contributed by atoms with van der Waals surface area (Å²) < 4.78 is 9.13. The van der Waals surface area contributed by atoms with E-state index in [-0.39, 0.29) is 12.0 Å². The van der Waals surface area contributed by atoms with Crippen LogP contribution in [0, 0.1) is 0 Å². The number of fused-ring (bicyclic) bond motifs is 10. The van der Waals surface area contributed by atoms with Crippen LogP contribution in [0.4, 0.5) is 11.4 Å². The molecule has 0 saturated carbocycles. The van der Waals surface area contributed by atoms with E-state index in [0.29, 0.717) is 17.5 Å². The van der Waals surface area contributed by atoms with Crippen molar-refractivity contribution in [3.8, 4) is 34.2 Å². The van der Waals surface area contributed by atoms with E-state index in [4.69, 9.17) is 19.4 Å². The van der Waals surface area contributed by atoms with Gasteiger partial charge < -0.3 is 9.32 Å². The molecule has 0 fully saturated rings. The molecule has 9 aromatic rings. The summed E-state index contributed by atoms with van der Waals surface area (Å²) >= 11 is 1.80. The average Bonchev–Trinajstić information content (AvgIpc) is 3.88.